The fourth-order valence-electron chi connectivity index (χ4n) is 1.54. The molecular formula is C12H28N2OS. The third kappa shape index (κ3) is 8.39. The van der Waals surface area contributed by atoms with Crippen molar-refractivity contribution in [3.05, 3.63) is 0 Å². The van der Waals surface area contributed by atoms with E-state index in [9.17, 15) is 5.11 Å². The topological polar surface area (TPSA) is 35.5 Å². The second-order valence-corrected chi connectivity index (χ2v) is 5.43. The number of hydrogen-bond acceptors (Lipinski definition) is 4. The van der Waals surface area contributed by atoms with Crippen LogP contribution in [0.3, 0.4) is 0 Å². The van der Waals surface area contributed by atoms with Gasteiger partial charge in [0.25, 0.3) is 0 Å². The lowest BCUT2D eigenvalue weighted by Crippen LogP contribution is -2.41. The predicted octanol–water partition coefficient (Wildman–Crippen LogP) is 1.42. The number of aliphatic hydroxyl groups is 1. The Balaban J connectivity index is 3.59. The molecule has 0 saturated heterocycles. The zero-order chi connectivity index (χ0) is 12.4. The molecule has 0 amide bonds. The summed E-state index contributed by atoms with van der Waals surface area (Å²) in [5, 5.41) is 13.2. The van der Waals surface area contributed by atoms with Gasteiger partial charge in [0.2, 0.25) is 0 Å². The first-order valence-corrected chi connectivity index (χ1v) is 7.50. The molecule has 0 spiro atoms. The molecule has 16 heavy (non-hydrogen) atoms. The van der Waals surface area contributed by atoms with Gasteiger partial charge in [-0.25, -0.2) is 0 Å². The lowest BCUT2D eigenvalue weighted by Gasteiger charge is -2.23. The summed E-state index contributed by atoms with van der Waals surface area (Å²) >= 11 is 1.94. The Labute approximate surface area is 105 Å². The van der Waals surface area contributed by atoms with Gasteiger partial charge in [-0.3, -0.25) is 0 Å². The van der Waals surface area contributed by atoms with Crippen LogP contribution in [0, 0.1) is 0 Å². The molecule has 98 valence electrons. The van der Waals surface area contributed by atoms with E-state index in [0.717, 1.165) is 31.1 Å². The first-order chi connectivity index (χ1) is 7.63. The Morgan fingerprint density at radius 3 is 2.38 bits per heavy atom. The van der Waals surface area contributed by atoms with E-state index in [-0.39, 0.29) is 6.10 Å². The molecule has 0 fully saturated rings. The molecule has 2 unspecified atom stereocenters. The molecule has 2 N–H and O–H groups in total. The van der Waals surface area contributed by atoms with Gasteiger partial charge in [0, 0.05) is 24.9 Å². The molecular weight excluding hydrogens is 220 g/mol. The number of thioether (sulfide) groups is 1. The fraction of sp³-hybridized carbons (Fsp3) is 1.00. The third-order valence-electron chi connectivity index (χ3n) is 2.64. The molecule has 0 aromatic carbocycles. The molecule has 0 heterocycles. The van der Waals surface area contributed by atoms with Crippen molar-refractivity contribution in [1.29, 1.82) is 0 Å². The third-order valence-corrected chi connectivity index (χ3v) is 3.78. The van der Waals surface area contributed by atoms with Crippen LogP contribution in [0.2, 0.25) is 0 Å². The van der Waals surface area contributed by atoms with Crippen LogP contribution in [0.5, 0.6) is 0 Å². The first-order valence-electron chi connectivity index (χ1n) is 6.35. The van der Waals surface area contributed by atoms with Gasteiger partial charge in [0.1, 0.15) is 0 Å². The van der Waals surface area contributed by atoms with Gasteiger partial charge in [-0.15, -0.1) is 0 Å². The minimum atomic E-state index is -0.256. The Morgan fingerprint density at radius 2 is 1.88 bits per heavy atom. The Bertz CT molecular complexity index is 154. The van der Waals surface area contributed by atoms with E-state index in [0.29, 0.717) is 12.6 Å². The molecule has 4 heteroatoms. The largest absolute Gasteiger partial charge is 0.390 e. The second-order valence-electron chi connectivity index (χ2n) is 4.11. The van der Waals surface area contributed by atoms with Crippen LogP contribution < -0.4 is 5.32 Å². The zero-order valence-electron chi connectivity index (χ0n) is 11.2. The number of rotatable bonds is 10. The lowest BCUT2D eigenvalue weighted by atomic mass is 10.3. The summed E-state index contributed by atoms with van der Waals surface area (Å²) < 4.78 is 0. The van der Waals surface area contributed by atoms with Crippen molar-refractivity contribution < 1.29 is 5.11 Å². The Hall–Kier alpha value is 0.230. The highest BCUT2D eigenvalue weighted by molar-refractivity contribution is 7.99. The standard InChI is InChI=1S/C12H28N2OS/c1-5-14(6-2)9-12(15)8-13-11(4)10-16-7-3/h11-13,15H,5-10H2,1-4H3. The molecule has 0 aromatic heterocycles. The van der Waals surface area contributed by atoms with Crippen molar-refractivity contribution in [2.75, 3.05) is 37.7 Å². The van der Waals surface area contributed by atoms with Gasteiger partial charge in [-0.2, -0.15) is 11.8 Å². The molecule has 0 aliphatic heterocycles. The summed E-state index contributed by atoms with van der Waals surface area (Å²) in [4.78, 5) is 2.25. The molecule has 0 aliphatic carbocycles. The van der Waals surface area contributed by atoms with Crippen molar-refractivity contribution >= 4 is 11.8 Å². The fourth-order valence-corrected chi connectivity index (χ4v) is 2.24. The Kier molecular flexibility index (Phi) is 10.5. The van der Waals surface area contributed by atoms with Gasteiger partial charge in [0.15, 0.2) is 0 Å². The van der Waals surface area contributed by atoms with Crippen LogP contribution in [0.15, 0.2) is 0 Å². The van der Waals surface area contributed by atoms with E-state index in [1.165, 1.54) is 0 Å². The smallest absolute Gasteiger partial charge is 0.0791 e. The highest BCUT2D eigenvalue weighted by atomic mass is 32.2. The molecule has 0 aliphatic rings. The predicted molar refractivity (Wildman–Crippen MR) is 74.3 cm³/mol. The minimum absolute atomic E-state index is 0.256. The number of nitrogens with one attached hydrogen (secondary N) is 1. The van der Waals surface area contributed by atoms with E-state index in [2.05, 4.69) is 37.9 Å². The van der Waals surface area contributed by atoms with E-state index >= 15 is 0 Å². The van der Waals surface area contributed by atoms with Crippen LogP contribution in [-0.4, -0.2) is 59.8 Å². The molecule has 0 radical (unpaired) electrons. The van der Waals surface area contributed by atoms with Crippen molar-refractivity contribution in [3.8, 4) is 0 Å². The van der Waals surface area contributed by atoms with Crippen molar-refractivity contribution in [2.24, 2.45) is 0 Å². The van der Waals surface area contributed by atoms with Gasteiger partial charge >= 0.3 is 0 Å². The summed E-state index contributed by atoms with van der Waals surface area (Å²) in [6.45, 7) is 12.1. The Morgan fingerprint density at radius 1 is 1.25 bits per heavy atom. The molecule has 0 bridgehead atoms. The van der Waals surface area contributed by atoms with Crippen LogP contribution >= 0.6 is 11.8 Å². The highest BCUT2D eigenvalue weighted by Crippen LogP contribution is 2.01. The molecule has 0 aromatic rings. The lowest BCUT2D eigenvalue weighted by molar-refractivity contribution is 0.115. The average Bonchev–Trinajstić information content (AvgIpc) is 2.30. The zero-order valence-corrected chi connectivity index (χ0v) is 12.0. The van der Waals surface area contributed by atoms with E-state index < -0.39 is 0 Å². The summed E-state index contributed by atoms with van der Waals surface area (Å²) in [7, 11) is 0. The van der Waals surface area contributed by atoms with E-state index in [4.69, 9.17) is 0 Å². The molecule has 0 rings (SSSR count). The molecule has 2 atom stereocenters. The SMILES string of the molecule is CCSCC(C)NCC(O)CN(CC)CC. The number of hydrogen-bond donors (Lipinski definition) is 2. The monoisotopic (exact) mass is 248 g/mol. The quantitative estimate of drug-likeness (QED) is 0.613. The summed E-state index contributed by atoms with van der Waals surface area (Å²) in [5.41, 5.74) is 0. The maximum Gasteiger partial charge on any atom is 0.0791 e. The highest BCUT2D eigenvalue weighted by Gasteiger charge is 2.10. The van der Waals surface area contributed by atoms with Gasteiger partial charge in [-0.05, 0) is 25.8 Å². The van der Waals surface area contributed by atoms with Gasteiger partial charge in [-0.1, -0.05) is 20.8 Å². The van der Waals surface area contributed by atoms with E-state index in [1.54, 1.807) is 0 Å². The minimum Gasteiger partial charge on any atom is -0.390 e. The summed E-state index contributed by atoms with van der Waals surface area (Å²) in [5.74, 6) is 2.28. The number of nitrogens with zero attached hydrogens (tertiary/aromatic N) is 1. The van der Waals surface area contributed by atoms with Crippen LogP contribution in [0.4, 0.5) is 0 Å². The summed E-state index contributed by atoms with van der Waals surface area (Å²) in [6.07, 6.45) is -0.256. The number of likely N-dealkylation sites (N-methyl/N-ethyl adjacent to an activating group) is 1. The summed E-state index contributed by atoms with van der Waals surface area (Å²) in [6, 6.07) is 0.483. The normalized spacial score (nSPS) is 15.4. The van der Waals surface area contributed by atoms with Crippen LogP contribution in [0.25, 0.3) is 0 Å². The second kappa shape index (κ2) is 10.4. The van der Waals surface area contributed by atoms with Crippen LogP contribution in [-0.2, 0) is 0 Å². The molecule has 0 saturated carbocycles. The van der Waals surface area contributed by atoms with Crippen molar-refractivity contribution in [2.45, 2.75) is 39.8 Å². The maximum atomic E-state index is 9.85. The van der Waals surface area contributed by atoms with Gasteiger partial charge < -0.3 is 15.3 Å². The van der Waals surface area contributed by atoms with Gasteiger partial charge in [0.05, 0.1) is 6.10 Å². The molecule has 3 nitrogen and oxygen atoms in total. The van der Waals surface area contributed by atoms with Crippen molar-refractivity contribution in [1.82, 2.24) is 10.2 Å². The average molecular weight is 248 g/mol. The number of aliphatic hydroxyl groups excluding tert-OH is 1. The first kappa shape index (κ1) is 16.2. The van der Waals surface area contributed by atoms with E-state index in [1.807, 2.05) is 11.8 Å². The van der Waals surface area contributed by atoms with Crippen molar-refractivity contribution in [3.63, 3.8) is 0 Å². The van der Waals surface area contributed by atoms with Crippen LogP contribution in [0.1, 0.15) is 27.7 Å². The maximum absolute atomic E-state index is 9.85.